The van der Waals surface area contributed by atoms with Gasteiger partial charge in [0.2, 0.25) is 11.8 Å². The number of unbranched alkanes of at least 4 members (excludes halogenated alkanes) is 3. The molecule has 1 saturated heterocycles. The molecule has 3 amide bonds. The maximum absolute atomic E-state index is 14.4. The van der Waals surface area contributed by atoms with E-state index in [-0.39, 0.29) is 24.6 Å². The number of carbonyl (C=O) groups is 4. The van der Waals surface area contributed by atoms with E-state index < -0.39 is 48.0 Å². The van der Waals surface area contributed by atoms with Gasteiger partial charge < -0.3 is 40.6 Å². The molecule has 2 saturated carbocycles. The maximum Gasteiger partial charge on any atom is 0.408 e. The van der Waals surface area contributed by atoms with Crippen molar-refractivity contribution in [1.82, 2.24) is 20.2 Å². The number of hydrogen-bond acceptors (Lipinski definition) is 11. The predicted molar refractivity (Wildman–Crippen MR) is 209 cm³/mol. The van der Waals surface area contributed by atoms with E-state index in [2.05, 4.69) is 10.6 Å². The molecule has 2 aliphatic carbocycles. The highest BCUT2D eigenvalue weighted by molar-refractivity contribution is 7.14. The van der Waals surface area contributed by atoms with Crippen LogP contribution in [0, 0.1) is 11.8 Å². The number of carboxylic acid groups (broad SMARTS) is 1. The first-order valence-electron chi connectivity index (χ1n) is 19.3. The smallest absolute Gasteiger partial charge is 0.408 e. The molecule has 3 fully saturated rings. The van der Waals surface area contributed by atoms with Gasteiger partial charge in [-0.15, -0.1) is 11.3 Å². The number of nitrogens with two attached hydrogens (primary N) is 1. The number of methoxy groups -OCH3 is 1. The highest BCUT2D eigenvalue weighted by atomic mass is 32.1. The molecule has 2 aromatic heterocycles. The van der Waals surface area contributed by atoms with E-state index in [1.54, 1.807) is 7.11 Å². The lowest BCUT2D eigenvalue weighted by Gasteiger charge is -2.28. The number of allylic oxidation sites excluding steroid dienone is 1. The Balaban J connectivity index is 1.20. The number of likely N-dealkylation sites (tertiary alicyclic amines) is 1. The van der Waals surface area contributed by atoms with Gasteiger partial charge in [0.25, 0.3) is 0 Å². The summed E-state index contributed by atoms with van der Waals surface area (Å²) in [5.41, 5.74) is 8.82. The number of anilines is 1. The Kier molecular flexibility index (Phi) is 12.8. The summed E-state index contributed by atoms with van der Waals surface area (Å²) in [4.78, 5) is 62.7. The quantitative estimate of drug-likeness (QED) is 0.0889. The van der Waals surface area contributed by atoms with Crippen LogP contribution in [0.2, 0.25) is 0 Å². The van der Waals surface area contributed by atoms with Crippen molar-refractivity contribution >= 4 is 51.2 Å². The van der Waals surface area contributed by atoms with Gasteiger partial charge in [-0.2, -0.15) is 0 Å². The summed E-state index contributed by atoms with van der Waals surface area (Å²) < 4.78 is 17.9. The molecule has 3 aromatic rings. The molecule has 6 rings (SSSR count). The molecule has 296 valence electrons. The molecule has 5 N–H and O–H groups in total. The van der Waals surface area contributed by atoms with Crippen LogP contribution in [0.1, 0.15) is 85.0 Å². The van der Waals surface area contributed by atoms with Crippen LogP contribution in [-0.4, -0.2) is 87.8 Å². The molecule has 14 nitrogen and oxygen atoms in total. The van der Waals surface area contributed by atoms with Gasteiger partial charge in [-0.3, -0.25) is 14.4 Å². The van der Waals surface area contributed by atoms with Crippen LogP contribution in [0.3, 0.4) is 0 Å². The number of carbonyl (C=O) groups excluding carboxylic acids is 3. The summed E-state index contributed by atoms with van der Waals surface area (Å²) in [5.74, 6) is -1.58. The number of nitrogens with one attached hydrogen (secondary N) is 2. The van der Waals surface area contributed by atoms with Gasteiger partial charge >= 0.3 is 12.1 Å². The number of thiazole rings is 1. The zero-order valence-corrected chi connectivity index (χ0v) is 32.7. The molecular weight excluding hydrogens is 725 g/mol. The van der Waals surface area contributed by atoms with Crippen molar-refractivity contribution in [2.75, 3.05) is 19.0 Å². The second-order valence-electron chi connectivity index (χ2n) is 15.1. The third-order valence-electron chi connectivity index (χ3n) is 10.6. The number of pyridine rings is 1. The molecule has 3 aliphatic rings. The van der Waals surface area contributed by atoms with Gasteiger partial charge in [-0.25, -0.2) is 14.8 Å². The lowest BCUT2D eigenvalue weighted by atomic mass is 9.99. The number of aliphatic carboxylic acids is 1. The molecule has 1 aromatic carbocycles. The van der Waals surface area contributed by atoms with Gasteiger partial charge in [0.15, 0.2) is 5.13 Å². The largest absolute Gasteiger partial charge is 0.497 e. The third kappa shape index (κ3) is 9.85. The highest BCUT2D eigenvalue weighted by Gasteiger charge is 2.48. The van der Waals surface area contributed by atoms with Crippen LogP contribution in [0.4, 0.5) is 9.93 Å². The number of nitrogens with zero attached hydrogens (tertiary/aromatic N) is 3. The second kappa shape index (κ2) is 17.7. The molecule has 3 heterocycles. The van der Waals surface area contributed by atoms with E-state index in [1.165, 1.54) is 16.2 Å². The Morgan fingerprint density at radius 3 is 2.56 bits per heavy atom. The van der Waals surface area contributed by atoms with Crippen molar-refractivity contribution < 1.29 is 38.5 Å². The molecular formula is C40H52N6O8S. The topological polar surface area (TPSA) is 195 Å². The van der Waals surface area contributed by atoms with Crippen molar-refractivity contribution in [2.24, 2.45) is 17.6 Å². The van der Waals surface area contributed by atoms with Gasteiger partial charge in [0.1, 0.15) is 41.5 Å². The first-order valence-corrected chi connectivity index (χ1v) is 20.2. The number of carboxylic acids is 1. The Labute approximate surface area is 325 Å². The second-order valence-corrected chi connectivity index (χ2v) is 16.0. The number of rotatable bonds is 17. The monoisotopic (exact) mass is 776 g/mol. The minimum Gasteiger partial charge on any atom is -0.497 e. The van der Waals surface area contributed by atoms with Crippen molar-refractivity contribution in [3.8, 4) is 22.9 Å². The van der Waals surface area contributed by atoms with Crippen molar-refractivity contribution in [2.45, 2.75) is 115 Å². The minimum absolute atomic E-state index is 0.0657. The van der Waals surface area contributed by atoms with Crippen LogP contribution in [0.15, 0.2) is 41.3 Å². The molecule has 1 aliphatic heterocycles. The zero-order valence-electron chi connectivity index (χ0n) is 31.9. The average Bonchev–Trinajstić information content (AvgIpc) is 3.40. The summed E-state index contributed by atoms with van der Waals surface area (Å²) in [6.45, 7) is 5.99. The van der Waals surface area contributed by atoms with E-state index >= 15 is 0 Å². The van der Waals surface area contributed by atoms with Crippen molar-refractivity contribution in [3.63, 3.8) is 0 Å². The van der Waals surface area contributed by atoms with E-state index in [9.17, 15) is 19.2 Å². The van der Waals surface area contributed by atoms with E-state index in [0.717, 1.165) is 61.0 Å². The van der Waals surface area contributed by atoms with Gasteiger partial charge in [0.05, 0.1) is 30.8 Å². The fraction of sp³-hybridized carbons (Fsp3) is 0.550. The Morgan fingerprint density at radius 2 is 1.87 bits per heavy atom. The van der Waals surface area contributed by atoms with Crippen LogP contribution >= 0.6 is 11.3 Å². The van der Waals surface area contributed by atoms with Gasteiger partial charge in [0, 0.05) is 34.9 Å². The average molecular weight is 777 g/mol. The first kappa shape index (κ1) is 39.8. The zero-order chi connectivity index (χ0) is 39.2. The highest BCUT2D eigenvalue weighted by Crippen LogP contribution is 2.39. The van der Waals surface area contributed by atoms with Gasteiger partial charge in [-0.1, -0.05) is 31.4 Å². The van der Waals surface area contributed by atoms with Crippen LogP contribution in [-0.2, 0) is 19.1 Å². The van der Waals surface area contributed by atoms with Crippen LogP contribution < -0.4 is 25.8 Å². The fourth-order valence-corrected chi connectivity index (χ4v) is 8.39. The molecule has 0 bridgehead atoms. The number of primary amides is 1. The summed E-state index contributed by atoms with van der Waals surface area (Å²) in [5, 5.41) is 18.7. The number of alkyl carbamates (subject to hydrolysis) is 1. The number of hydrogen-bond donors (Lipinski definition) is 4. The van der Waals surface area contributed by atoms with Crippen molar-refractivity contribution in [1.29, 1.82) is 0 Å². The summed E-state index contributed by atoms with van der Waals surface area (Å²) >= 11 is 1.48. The molecule has 55 heavy (non-hydrogen) atoms. The van der Waals surface area contributed by atoms with Crippen LogP contribution in [0.5, 0.6) is 11.5 Å². The van der Waals surface area contributed by atoms with Crippen LogP contribution in [0.25, 0.3) is 22.3 Å². The maximum atomic E-state index is 14.4. The van der Waals surface area contributed by atoms with E-state index in [0.29, 0.717) is 47.7 Å². The molecule has 0 spiro atoms. The summed E-state index contributed by atoms with van der Waals surface area (Å²) in [7, 11) is 1.59. The molecule has 15 heteroatoms. The number of aromatic nitrogens is 2. The number of fused-ring (bicyclic) bond motifs is 1. The Bertz CT molecular complexity index is 1910. The number of ether oxygens (including phenoxy) is 3. The Morgan fingerprint density at radius 1 is 1.09 bits per heavy atom. The number of amides is 3. The normalized spacial score (nSPS) is 22.2. The molecule has 0 radical (unpaired) electrons. The summed E-state index contributed by atoms with van der Waals surface area (Å²) in [6, 6.07) is 5.61. The lowest BCUT2D eigenvalue weighted by Crippen LogP contribution is -2.54. The van der Waals surface area contributed by atoms with Gasteiger partial charge in [-0.05, 0) is 77.3 Å². The summed E-state index contributed by atoms with van der Waals surface area (Å²) in [6.07, 6.45) is 7.96. The third-order valence-corrected chi connectivity index (χ3v) is 11.4. The predicted octanol–water partition coefficient (Wildman–Crippen LogP) is 6.29. The van der Waals surface area contributed by atoms with E-state index in [1.807, 2.05) is 56.5 Å². The standard InChI is InChI=1S/C40H52N6O8S/c1-22(2)42-39-44-32(21-55-39)31-19-33(27-16-15-26(52-4)18-30(27)43-31)54-34-20-46(35(23(34)3)36(41)47)37(48)29(45-40(51)53-25-12-9-10-13-25)14-8-6-5-7-11-24-17-28(24)38(49)50/h11,15-16,18-19,21-23,25,28-29,34-35H,5-10,12-14,17,20H2,1-4H3,(H2,41,47)(H,42,44)(H,45,51)(H,49,50). The fourth-order valence-electron chi connectivity index (χ4n) is 7.54. The minimum atomic E-state index is -0.976. The Hall–Kier alpha value is -4.92. The lowest BCUT2D eigenvalue weighted by molar-refractivity contribution is -0.139. The molecule has 5 atom stereocenters. The number of benzene rings is 1. The molecule has 5 unspecified atom stereocenters. The van der Waals surface area contributed by atoms with E-state index in [4.69, 9.17) is 35.0 Å². The first-order chi connectivity index (χ1) is 26.4. The van der Waals surface area contributed by atoms with Crippen molar-refractivity contribution in [3.05, 3.63) is 41.3 Å². The SMILES string of the molecule is COc1ccc2c(OC3CN(C(=O)C(CCCCCC=C4CC4C(=O)O)NC(=O)OC4CCCC4)C(C(N)=O)C3C)cc(-c3csc(NC(C)C)n3)nc2c1.